The molecule has 82 valence electrons. The summed E-state index contributed by atoms with van der Waals surface area (Å²) < 4.78 is 18.1. The van der Waals surface area contributed by atoms with Crippen LogP contribution in [-0.4, -0.2) is 24.9 Å². The summed E-state index contributed by atoms with van der Waals surface area (Å²) in [6, 6.07) is 6.54. The molecule has 0 amide bonds. The molecule has 1 saturated heterocycles. The highest BCUT2D eigenvalue weighted by Crippen LogP contribution is 2.31. The van der Waals surface area contributed by atoms with E-state index in [2.05, 4.69) is 0 Å². The Kier molecular flexibility index (Phi) is 3.34. The topological polar surface area (TPSA) is 29.5 Å². The van der Waals surface area contributed by atoms with Crippen LogP contribution < -0.4 is 0 Å². The van der Waals surface area contributed by atoms with Gasteiger partial charge in [-0.05, 0) is 30.0 Å². The summed E-state index contributed by atoms with van der Waals surface area (Å²) in [5, 5.41) is 9.22. The second kappa shape index (κ2) is 4.73. The molecule has 0 unspecified atom stereocenters. The molecule has 0 bridgehead atoms. The quantitative estimate of drug-likeness (QED) is 0.808. The highest BCUT2D eigenvalue weighted by atomic mass is 19.1. The maximum atomic E-state index is 12.8. The predicted molar refractivity (Wildman–Crippen MR) is 55.2 cm³/mol. The van der Waals surface area contributed by atoms with Crippen molar-refractivity contribution in [3.63, 3.8) is 0 Å². The molecule has 0 radical (unpaired) electrons. The lowest BCUT2D eigenvalue weighted by atomic mass is 9.83. The van der Waals surface area contributed by atoms with Gasteiger partial charge in [0.25, 0.3) is 0 Å². The summed E-state index contributed by atoms with van der Waals surface area (Å²) in [7, 11) is 0. The Labute approximate surface area is 88.7 Å². The van der Waals surface area contributed by atoms with E-state index in [-0.39, 0.29) is 18.3 Å². The molecule has 2 nitrogen and oxygen atoms in total. The molecule has 0 aliphatic carbocycles. The van der Waals surface area contributed by atoms with E-state index in [0.717, 1.165) is 18.6 Å². The number of hydrogen-bond acceptors (Lipinski definition) is 2. The Morgan fingerprint density at radius 2 is 2.07 bits per heavy atom. The van der Waals surface area contributed by atoms with Crippen molar-refractivity contribution < 1.29 is 14.2 Å². The van der Waals surface area contributed by atoms with Gasteiger partial charge in [-0.2, -0.15) is 0 Å². The minimum absolute atomic E-state index is 0.127. The summed E-state index contributed by atoms with van der Waals surface area (Å²) in [4.78, 5) is 0. The van der Waals surface area contributed by atoms with E-state index in [1.54, 1.807) is 12.1 Å². The molecule has 1 heterocycles. The molecule has 1 aliphatic rings. The van der Waals surface area contributed by atoms with Crippen LogP contribution in [0.25, 0.3) is 0 Å². The van der Waals surface area contributed by atoms with Crippen LogP contribution in [0, 0.1) is 11.7 Å². The van der Waals surface area contributed by atoms with Crippen LogP contribution in [0.5, 0.6) is 0 Å². The van der Waals surface area contributed by atoms with Gasteiger partial charge in [-0.25, -0.2) is 4.39 Å². The van der Waals surface area contributed by atoms with Crippen LogP contribution in [-0.2, 0) is 4.74 Å². The van der Waals surface area contributed by atoms with E-state index in [1.165, 1.54) is 12.1 Å². The van der Waals surface area contributed by atoms with Crippen molar-refractivity contribution in [1.29, 1.82) is 0 Å². The molecule has 3 heteroatoms. The number of hydrogen-bond donors (Lipinski definition) is 1. The molecule has 15 heavy (non-hydrogen) atoms. The lowest BCUT2D eigenvalue weighted by Gasteiger charge is -2.30. The standard InChI is InChI=1S/C12H15FO2/c13-11-3-1-9(2-4-11)12-5-6-15-8-10(12)7-14/h1-4,10,12,14H,5-8H2/t10-,12+/m1/s1. The number of halogens is 1. The van der Waals surface area contributed by atoms with Crippen molar-refractivity contribution >= 4 is 0 Å². The first-order valence-corrected chi connectivity index (χ1v) is 5.25. The molecule has 1 aliphatic heterocycles. The SMILES string of the molecule is OC[C@@H]1COCC[C@H]1c1ccc(F)cc1. The number of aliphatic hydroxyl groups is 1. The zero-order valence-corrected chi connectivity index (χ0v) is 8.53. The van der Waals surface area contributed by atoms with E-state index in [0.29, 0.717) is 12.5 Å². The normalized spacial score (nSPS) is 26.5. The van der Waals surface area contributed by atoms with Gasteiger partial charge in [0, 0.05) is 19.1 Å². The number of benzene rings is 1. The van der Waals surface area contributed by atoms with Gasteiger partial charge in [0.05, 0.1) is 6.61 Å². The lowest BCUT2D eigenvalue weighted by Crippen LogP contribution is -2.28. The number of rotatable bonds is 2. The molecular weight excluding hydrogens is 195 g/mol. The van der Waals surface area contributed by atoms with Crippen LogP contribution >= 0.6 is 0 Å². The zero-order valence-electron chi connectivity index (χ0n) is 8.53. The molecule has 1 fully saturated rings. The Morgan fingerprint density at radius 1 is 1.33 bits per heavy atom. The van der Waals surface area contributed by atoms with E-state index in [4.69, 9.17) is 4.74 Å². The van der Waals surface area contributed by atoms with Crippen molar-refractivity contribution in [2.24, 2.45) is 5.92 Å². The molecule has 0 saturated carbocycles. The maximum Gasteiger partial charge on any atom is 0.123 e. The average molecular weight is 210 g/mol. The van der Waals surface area contributed by atoms with Crippen LogP contribution in [0.3, 0.4) is 0 Å². The minimum Gasteiger partial charge on any atom is -0.396 e. The fraction of sp³-hybridized carbons (Fsp3) is 0.500. The summed E-state index contributed by atoms with van der Waals surface area (Å²) in [6.45, 7) is 1.44. The van der Waals surface area contributed by atoms with Crippen molar-refractivity contribution in [2.75, 3.05) is 19.8 Å². The van der Waals surface area contributed by atoms with E-state index >= 15 is 0 Å². The number of ether oxygens (including phenoxy) is 1. The second-order valence-corrected chi connectivity index (χ2v) is 3.96. The zero-order chi connectivity index (χ0) is 10.7. The Morgan fingerprint density at radius 3 is 2.73 bits per heavy atom. The smallest absolute Gasteiger partial charge is 0.123 e. The van der Waals surface area contributed by atoms with E-state index in [9.17, 15) is 9.50 Å². The van der Waals surface area contributed by atoms with Crippen molar-refractivity contribution in [3.8, 4) is 0 Å². The van der Waals surface area contributed by atoms with Gasteiger partial charge < -0.3 is 9.84 Å². The summed E-state index contributed by atoms with van der Waals surface area (Å²) in [5.74, 6) is 0.222. The molecule has 1 N–H and O–H groups in total. The van der Waals surface area contributed by atoms with Crippen LogP contribution in [0.2, 0.25) is 0 Å². The number of aliphatic hydroxyl groups excluding tert-OH is 1. The fourth-order valence-corrected chi connectivity index (χ4v) is 2.13. The molecule has 2 rings (SSSR count). The Hall–Kier alpha value is -0.930. The maximum absolute atomic E-state index is 12.8. The monoisotopic (exact) mass is 210 g/mol. The summed E-state index contributed by atoms with van der Waals surface area (Å²) in [5.41, 5.74) is 1.10. The largest absolute Gasteiger partial charge is 0.396 e. The van der Waals surface area contributed by atoms with Gasteiger partial charge in [-0.1, -0.05) is 12.1 Å². The highest BCUT2D eigenvalue weighted by Gasteiger charge is 2.26. The predicted octanol–water partition coefficient (Wildman–Crippen LogP) is 1.94. The minimum atomic E-state index is -0.216. The van der Waals surface area contributed by atoms with Crippen molar-refractivity contribution in [2.45, 2.75) is 12.3 Å². The molecule has 1 aromatic carbocycles. The van der Waals surface area contributed by atoms with Gasteiger partial charge in [-0.3, -0.25) is 0 Å². The van der Waals surface area contributed by atoms with Gasteiger partial charge in [0.15, 0.2) is 0 Å². The first kappa shape index (κ1) is 10.6. The van der Waals surface area contributed by atoms with Gasteiger partial charge in [0.1, 0.15) is 5.82 Å². The third-order valence-corrected chi connectivity index (χ3v) is 3.01. The molecule has 1 aromatic rings. The molecular formula is C12H15FO2. The van der Waals surface area contributed by atoms with Crippen molar-refractivity contribution in [3.05, 3.63) is 35.6 Å². The first-order chi connectivity index (χ1) is 7.31. The van der Waals surface area contributed by atoms with Gasteiger partial charge in [-0.15, -0.1) is 0 Å². The third kappa shape index (κ3) is 2.36. The van der Waals surface area contributed by atoms with Crippen LogP contribution in [0.4, 0.5) is 4.39 Å². The first-order valence-electron chi connectivity index (χ1n) is 5.25. The second-order valence-electron chi connectivity index (χ2n) is 3.96. The lowest BCUT2D eigenvalue weighted by molar-refractivity contribution is 0.0159. The van der Waals surface area contributed by atoms with Crippen molar-refractivity contribution in [1.82, 2.24) is 0 Å². The fourth-order valence-electron chi connectivity index (χ4n) is 2.13. The molecule has 0 spiro atoms. The van der Waals surface area contributed by atoms with Gasteiger partial charge >= 0.3 is 0 Å². The summed E-state index contributed by atoms with van der Waals surface area (Å²) >= 11 is 0. The van der Waals surface area contributed by atoms with E-state index in [1.807, 2.05) is 0 Å². The van der Waals surface area contributed by atoms with Gasteiger partial charge in [0.2, 0.25) is 0 Å². The van der Waals surface area contributed by atoms with Crippen LogP contribution in [0.1, 0.15) is 17.9 Å². The Bertz CT molecular complexity index is 310. The highest BCUT2D eigenvalue weighted by molar-refractivity contribution is 5.21. The molecule has 0 aromatic heterocycles. The Balaban J connectivity index is 2.16. The van der Waals surface area contributed by atoms with E-state index < -0.39 is 0 Å². The molecule has 2 atom stereocenters. The third-order valence-electron chi connectivity index (χ3n) is 3.01. The van der Waals surface area contributed by atoms with Crippen LogP contribution in [0.15, 0.2) is 24.3 Å². The average Bonchev–Trinajstić information content (AvgIpc) is 2.30. The summed E-state index contributed by atoms with van der Waals surface area (Å²) in [6.07, 6.45) is 0.900.